The summed E-state index contributed by atoms with van der Waals surface area (Å²) < 4.78 is 5.26. The van der Waals surface area contributed by atoms with E-state index in [9.17, 15) is 14.4 Å². The van der Waals surface area contributed by atoms with Crippen molar-refractivity contribution in [2.45, 2.75) is 64.5 Å². The van der Waals surface area contributed by atoms with Crippen LogP contribution in [0.2, 0.25) is 0 Å². The highest BCUT2D eigenvalue weighted by Crippen LogP contribution is 2.28. The van der Waals surface area contributed by atoms with Gasteiger partial charge in [0.1, 0.15) is 5.60 Å². The Morgan fingerprint density at radius 1 is 1.05 bits per heavy atom. The van der Waals surface area contributed by atoms with E-state index in [0.29, 0.717) is 44.5 Å². The second-order valence-corrected chi connectivity index (χ2v) is 10.8. The van der Waals surface area contributed by atoms with E-state index in [1.54, 1.807) is 12.1 Å². The molecule has 2 aromatic carbocycles. The van der Waals surface area contributed by atoms with E-state index in [1.807, 2.05) is 62.1 Å². The minimum atomic E-state index is -0.546. The molecule has 3 rings (SSSR count). The van der Waals surface area contributed by atoms with Gasteiger partial charge in [0.15, 0.2) is 0 Å². The lowest BCUT2D eigenvalue weighted by atomic mass is 10.0. The maximum atomic E-state index is 13.1. The highest BCUT2D eigenvalue weighted by atomic mass is 16.6. The number of ether oxygens (including phenoxy) is 1. The summed E-state index contributed by atoms with van der Waals surface area (Å²) in [5, 5.41) is 5.78. The van der Waals surface area contributed by atoms with Gasteiger partial charge in [0, 0.05) is 37.2 Å². The number of allylic oxidation sites excluding steroid dienone is 1. The van der Waals surface area contributed by atoms with E-state index in [4.69, 9.17) is 4.74 Å². The topological polar surface area (TPSA) is 87.7 Å². The van der Waals surface area contributed by atoms with Crippen molar-refractivity contribution in [2.24, 2.45) is 5.92 Å². The number of carbonyl (C=O) groups is 3. The fourth-order valence-electron chi connectivity index (χ4n) is 4.76. The molecule has 0 bridgehead atoms. The van der Waals surface area contributed by atoms with Crippen LogP contribution in [-0.2, 0) is 22.4 Å². The van der Waals surface area contributed by atoms with Crippen molar-refractivity contribution < 1.29 is 19.1 Å². The smallest absolute Gasteiger partial charge is 0.407 e. The van der Waals surface area contributed by atoms with Gasteiger partial charge in [0.05, 0.1) is 0 Å². The van der Waals surface area contributed by atoms with Gasteiger partial charge in [-0.25, -0.2) is 4.79 Å². The maximum Gasteiger partial charge on any atom is 0.407 e. The fourth-order valence-corrected chi connectivity index (χ4v) is 4.76. The Morgan fingerprint density at radius 2 is 1.79 bits per heavy atom. The summed E-state index contributed by atoms with van der Waals surface area (Å²) in [7, 11) is 0. The van der Waals surface area contributed by atoms with E-state index in [0.717, 1.165) is 18.4 Å². The summed E-state index contributed by atoms with van der Waals surface area (Å²) in [6, 6.07) is 17.6. The molecule has 0 saturated carbocycles. The van der Waals surface area contributed by atoms with E-state index in [2.05, 4.69) is 29.3 Å². The molecule has 2 N–H and O–H groups in total. The lowest BCUT2D eigenvalue weighted by Gasteiger charge is -2.25. The average Bonchev–Trinajstić information content (AvgIpc) is 3.16. The maximum absolute atomic E-state index is 13.1. The van der Waals surface area contributed by atoms with Crippen LogP contribution in [0.25, 0.3) is 0 Å². The van der Waals surface area contributed by atoms with Crippen LogP contribution in [0.4, 0.5) is 4.79 Å². The zero-order chi connectivity index (χ0) is 27.5. The molecule has 0 aromatic heterocycles. The number of rotatable bonds is 12. The van der Waals surface area contributed by atoms with Crippen molar-refractivity contribution in [1.82, 2.24) is 15.5 Å². The number of benzene rings is 2. The standard InChI is InChI=1S/C31H41N3O4/c1-5-11-26-21-27(34(29(26)36)19-10-15-23-12-7-6-8-13-23)22-33-28(35)25-16-9-14-24(20-25)17-18-32-30(37)38-31(2,3)4/h5-9,12-14,16,20,26-27H,1,10-11,15,17-19,21-22H2,2-4H3,(H,32,37)(H,33,35)/t26-,27+/m1/s1. The summed E-state index contributed by atoms with van der Waals surface area (Å²) >= 11 is 0. The quantitative estimate of drug-likeness (QED) is 0.390. The first kappa shape index (κ1) is 29.0. The molecule has 1 fully saturated rings. The third-order valence-corrected chi connectivity index (χ3v) is 6.56. The molecular weight excluding hydrogens is 478 g/mol. The van der Waals surface area contributed by atoms with Crippen LogP contribution >= 0.6 is 0 Å². The van der Waals surface area contributed by atoms with E-state index < -0.39 is 11.7 Å². The molecule has 1 aliphatic rings. The summed E-state index contributed by atoms with van der Waals surface area (Å²) in [6.45, 7) is 10.8. The summed E-state index contributed by atoms with van der Waals surface area (Å²) in [5.74, 6) is -0.0977. The Kier molecular flexibility index (Phi) is 10.5. The molecule has 204 valence electrons. The van der Waals surface area contributed by atoms with Crippen molar-refractivity contribution >= 4 is 17.9 Å². The first-order chi connectivity index (χ1) is 18.2. The lowest BCUT2D eigenvalue weighted by Crippen LogP contribution is -2.42. The third kappa shape index (κ3) is 9.05. The summed E-state index contributed by atoms with van der Waals surface area (Å²) in [6.07, 6.45) is 5.07. The van der Waals surface area contributed by atoms with Gasteiger partial charge in [-0.15, -0.1) is 6.58 Å². The Bertz CT molecular complexity index is 1090. The average molecular weight is 520 g/mol. The largest absolute Gasteiger partial charge is 0.444 e. The molecule has 0 radical (unpaired) electrons. The highest BCUT2D eigenvalue weighted by Gasteiger charge is 2.38. The van der Waals surface area contributed by atoms with Crippen LogP contribution in [0.5, 0.6) is 0 Å². The van der Waals surface area contributed by atoms with E-state index >= 15 is 0 Å². The van der Waals surface area contributed by atoms with Crippen LogP contribution < -0.4 is 10.6 Å². The molecule has 7 nitrogen and oxygen atoms in total. The van der Waals surface area contributed by atoms with Crippen LogP contribution in [0.1, 0.15) is 61.5 Å². The molecule has 1 aliphatic heterocycles. The number of carbonyl (C=O) groups excluding carboxylic acids is 3. The van der Waals surface area contributed by atoms with E-state index in [-0.39, 0.29) is 23.8 Å². The zero-order valence-corrected chi connectivity index (χ0v) is 22.9. The molecule has 0 aliphatic carbocycles. The first-order valence-electron chi connectivity index (χ1n) is 13.5. The Hall–Kier alpha value is -3.61. The molecule has 38 heavy (non-hydrogen) atoms. The first-order valence-corrected chi connectivity index (χ1v) is 13.5. The van der Waals surface area contributed by atoms with Gasteiger partial charge in [-0.2, -0.15) is 0 Å². The zero-order valence-electron chi connectivity index (χ0n) is 22.9. The fraction of sp³-hybridized carbons (Fsp3) is 0.452. The van der Waals surface area contributed by atoms with Gasteiger partial charge in [0.25, 0.3) is 5.91 Å². The molecule has 3 amide bonds. The molecule has 7 heteroatoms. The van der Waals surface area contributed by atoms with Gasteiger partial charge in [-0.05, 0) is 76.1 Å². The van der Waals surface area contributed by atoms with Gasteiger partial charge < -0.3 is 20.3 Å². The minimum Gasteiger partial charge on any atom is -0.444 e. The predicted molar refractivity (Wildman–Crippen MR) is 150 cm³/mol. The third-order valence-electron chi connectivity index (χ3n) is 6.56. The second-order valence-electron chi connectivity index (χ2n) is 10.8. The van der Waals surface area contributed by atoms with Crippen LogP contribution in [0, 0.1) is 5.92 Å². The molecule has 0 spiro atoms. The van der Waals surface area contributed by atoms with Crippen molar-refractivity contribution in [3.8, 4) is 0 Å². The van der Waals surface area contributed by atoms with E-state index in [1.165, 1.54) is 5.56 Å². The van der Waals surface area contributed by atoms with Crippen molar-refractivity contribution in [1.29, 1.82) is 0 Å². The van der Waals surface area contributed by atoms with Crippen molar-refractivity contribution in [3.05, 3.63) is 83.9 Å². The summed E-state index contributed by atoms with van der Waals surface area (Å²) in [4.78, 5) is 39.8. The van der Waals surface area contributed by atoms with Crippen molar-refractivity contribution in [3.63, 3.8) is 0 Å². The number of nitrogens with zero attached hydrogens (tertiary/aromatic N) is 1. The van der Waals surface area contributed by atoms with Gasteiger partial charge in [-0.1, -0.05) is 48.5 Å². The number of alkyl carbamates (subject to hydrolysis) is 1. The monoisotopic (exact) mass is 519 g/mol. The highest BCUT2D eigenvalue weighted by molar-refractivity contribution is 5.94. The Morgan fingerprint density at radius 3 is 2.50 bits per heavy atom. The van der Waals surface area contributed by atoms with Crippen LogP contribution in [0.15, 0.2) is 67.3 Å². The minimum absolute atomic E-state index is 0.0339. The van der Waals surface area contributed by atoms with Gasteiger partial charge >= 0.3 is 6.09 Å². The number of hydrogen-bond donors (Lipinski definition) is 2. The van der Waals surface area contributed by atoms with Crippen LogP contribution in [0.3, 0.4) is 0 Å². The predicted octanol–water partition coefficient (Wildman–Crippen LogP) is 4.91. The molecule has 2 atom stereocenters. The SMILES string of the molecule is C=CC[C@@H]1C[C@@H](CNC(=O)c2cccc(CCNC(=O)OC(C)(C)C)c2)N(CCCc2ccccc2)C1=O. The number of amides is 3. The number of likely N-dealkylation sites (tertiary alicyclic amines) is 1. The Balaban J connectivity index is 1.53. The van der Waals surface area contributed by atoms with Gasteiger partial charge in [0.2, 0.25) is 5.91 Å². The molecular formula is C31H41N3O4. The molecule has 1 saturated heterocycles. The second kappa shape index (κ2) is 13.8. The molecule has 1 heterocycles. The number of nitrogens with one attached hydrogen (secondary N) is 2. The molecule has 0 unspecified atom stereocenters. The Labute approximate surface area is 226 Å². The van der Waals surface area contributed by atoms with Crippen LogP contribution in [-0.4, -0.2) is 54.1 Å². The van der Waals surface area contributed by atoms with Crippen molar-refractivity contribution in [2.75, 3.05) is 19.6 Å². The normalized spacial score (nSPS) is 17.2. The summed E-state index contributed by atoms with van der Waals surface area (Å²) in [5.41, 5.74) is 2.21. The molecule has 2 aromatic rings. The lowest BCUT2D eigenvalue weighted by molar-refractivity contribution is -0.132. The number of aryl methyl sites for hydroxylation is 1. The number of hydrogen-bond acceptors (Lipinski definition) is 4. The van der Waals surface area contributed by atoms with Gasteiger partial charge in [-0.3, -0.25) is 9.59 Å².